The van der Waals surface area contributed by atoms with Crippen molar-refractivity contribution in [2.75, 3.05) is 0 Å². The van der Waals surface area contributed by atoms with Crippen molar-refractivity contribution in [3.8, 4) is 0 Å². The summed E-state index contributed by atoms with van der Waals surface area (Å²) in [4.78, 5) is 36.0. The van der Waals surface area contributed by atoms with Gasteiger partial charge >= 0.3 is 7.67 Å². The third kappa shape index (κ3) is 5.41. The molecule has 1 aromatic rings. The van der Waals surface area contributed by atoms with Crippen LogP contribution in [0.3, 0.4) is 0 Å². The van der Waals surface area contributed by atoms with Gasteiger partial charge in [0.25, 0.3) is 5.69 Å². The van der Waals surface area contributed by atoms with Gasteiger partial charge < -0.3 is 4.79 Å². The molecule has 0 saturated heterocycles. The monoisotopic (exact) mass is 330 g/mol. The predicted octanol–water partition coefficient (Wildman–Crippen LogP) is 0.930. The van der Waals surface area contributed by atoms with Crippen molar-refractivity contribution in [2.45, 2.75) is 25.9 Å². The first-order chi connectivity index (χ1) is 10.1. The molecule has 11 heteroatoms. The van der Waals surface area contributed by atoms with E-state index in [2.05, 4.69) is 4.98 Å². The molecule has 1 unspecified atom stereocenters. The van der Waals surface area contributed by atoms with Crippen molar-refractivity contribution in [1.29, 1.82) is 0 Å². The maximum Gasteiger partial charge on any atom is 0.336 e. The summed E-state index contributed by atoms with van der Waals surface area (Å²) in [6.07, 6.45) is -1.43. The lowest BCUT2D eigenvalue weighted by atomic mass is 10.1. The topological polar surface area (TPSA) is 169 Å². The first-order valence-corrected chi connectivity index (χ1v) is 7.83. The summed E-state index contributed by atoms with van der Waals surface area (Å²) < 4.78 is 16.4. The SMILES string of the molecule is Cc1nc(C(CC(=O)CC=O)OP(N)(N)=O)ccc1[N+](=O)[O-]. The van der Waals surface area contributed by atoms with Gasteiger partial charge in [-0.3, -0.25) is 24.0 Å². The number of nitrogens with zero attached hydrogens (tertiary/aromatic N) is 2. The minimum atomic E-state index is -3.92. The summed E-state index contributed by atoms with van der Waals surface area (Å²) in [5.74, 6) is -0.494. The van der Waals surface area contributed by atoms with E-state index in [0.29, 0.717) is 6.29 Å². The van der Waals surface area contributed by atoms with Crippen LogP contribution in [0.15, 0.2) is 12.1 Å². The molecule has 1 rings (SSSR count). The second-order valence-corrected chi connectivity index (χ2v) is 5.95. The van der Waals surface area contributed by atoms with Gasteiger partial charge in [-0.15, -0.1) is 0 Å². The molecule has 0 amide bonds. The molecule has 0 spiro atoms. The molecule has 4 N–H and O–H groups in total. The van der Waals surface area contributed by atoms with E-state index < -0.39 is 24.5 Å². The fourth-order valence-electron chi connectivity index (χ4n) is 1.72. The number of pyridine rings is 1. The Hall–Kier alpha value is -2.00. The predicted molar refractivity (Wildman–Crippen MR) is 75.7 cm³/mol. The van der Waals surface area contributed by atoms with Crippen molar-refractivity contribution in [1.82, 2.24) is 4.98 Å². The highest BCUT2D eigenvalue weighted by atomic mass is 31.2. The van der Waals surface area contributed by atoms with Crippen LogP contribution in [0.4, 0.5) is 5.69 Å². The Labute approximate surface area is 125 Å². The molecule has 1 aromatic heterocycles. The molecule has 22 heavy (non-hydrogen) atoms. The maximum absolute atomic E-state index is 11.6. The molecule has 0 fully saturated rings. The number of Topliss-reactive ketones (excluding diaryl/α,β-unsaturated/α-hetero) is 1. The molecule has 0 radical (unpaired) electrons. The number of carbonyl (C=O) groups is 2. The van der Waals surface area contributed by atoms with Gasteiger partial charge in [-0.05, 0) is 13.0 Å². The number of hydrogen-bond acceptors (Lipinski definition) is 7. The Morgan fingerprint density at radius 2 is 2.18 bits per heavy atom. The first-order valence-electron chi connectivity index (χ1n) is 6.07. The highest BCUT2D eigenvalue weighted by molar-refractivity contribution is 7.53. The van der Waals surface area contributed by atoms with Crippen LogP contribution < -0.4 is 11.0 Å². The highest BCUT2D eigenvalue weighted by Gasteiger charge is 2.26. The average molecular weight is 330 g/mol. The molecule has 1 atom stereocenters. The summed E-state index contributed by atoms with van der Waals surface area (Å²) in [5.41, 5.74) is 10.2. The smallest absolute Gasteiger partial charge is 0.303 e. The fraction of sp³-hybridized carbons (Fsp3) is 0.364. The summed E-state index contributed by atoms with van der Waals surface area (Å²) in [6.45, 7) is 1.40. The van der Waals surface area contributed by atoms with Crippen LogP contribution in [0.1, 0.15) is 30.3 Å². The molecular formula is C11H15N4O6P. The summed E-state index contributed by atoms with van der Waals surface area (Å²) >= 11 is 0. The van der Waals surface area contributed by atoms with Crippen LogP contribution in [0.5, 0.6) is 0 Å². The lowest BCUT2D eigenvalue weighted by Crippen LogP contribution is -2.17. The Kier molecular flexibility index (Phi) is 6.01. The Morgan fingerprint density at radius 3 is 2.64 bits per heavy atom. The van der Waals surface area contributed by atoms with E-state index in [4.69, 9.17) is 15.5 Å². The van der Waals surface area contributed by atoms with E-state index >= 15 is 0 Å². The summed E-state index contributed by atoms with van der Waals surface area (Å²) in [6, 6.07) is 2.43. The number of ketones is 1. The maximum atomic E-state index is 11.6. The second-order valence-electron chi connectivity index (χ2n) is 4.45. The number of nitrogens with two attached hydrogens (primary N) is 2. The van der Waals surface area contributed by atoms with Gasteiger partial charge in [-0.25, -0.2) is 16.0 Å². The van der Waals surface area contributed by atoms with E-state index in [1.165, 1.54) is 19.1 Å². The van der Waals surface area contributed by atoms with Gasteiger partial charge in [0.2, 0.25) is 0 Å². The van der Waals surface area contributed by atoms with E-state index in [-0.39, 0.29) is 29.9 Å². The lowest BCUT2D eigenvalue weighted by molar-refractivity contribution is -0.385. The van der Waals surface area contributed by atoms with E-state index in [9.17, 15) is 24.3 Å². The number of hydrogen-bond donors (Lipinski definition) is 2. The number of aldehydes is 1. The zero-order valence-electron chi connectivity index (χ0n) is 11.7. The number of aromatic nitrogens is 1. The van der Waals surface area contributed by atoms with Gasteiger partial charge in [0.1, 0.15) is 23.9 Å². The molecule has 0 aliphatic rings. The number of aryl methyl sites for hydroxylation is 1. The number of rotatable bonds is 8. The normalized spacial score (nSPS) is 12.7. The van der Waals surface area contributed by atoms with Crippen LogP contribution in [-0.2, 0) is 18.7 Å². The van der Waals surface area contributed by atoms with Gasteiger partial charge in [0.05, 0.1) is 17.0 Å². The minimum absolute atomic E-state index is 0.0859. The van der Waals surface area contributed by atoms with Crippen molar-refractivity contribution < 1.29 is 23.6 Å². The summed E-state index contributed by atoms with van der Waals surface area (Å²) in [5, 5.41) is 10.8. The largest absolute Gasteiger partial charge is 0.336 e. The van der Waals surface area contributed by atoms with E-state index in [1.54, 1.807) is 0 Å². The molecule has 10 nitrogen and oxygen atoms in total. The third-order valence-corrected chi connectivity index (χ3v) is 3.21. The molecule has 0 aliphatic heterocycles. The lowest BCUT2D eigenvalue weighted by Gasteiger charge is -2.18. The molecule has 0 saturated carbocycles. The van der Waals surface area contributed by atoms with Gasteiger partial charge in [0, 0.05) is 12.5 Å². The van der Waals surface area contributed by atoms with Crippen molar-refractivity contribution >= 4 is 25.4 Å². The third-order valence-electron chi connectivity index (χ3n) is 2.62. The van der Waals surface area contributed by atoms with Crippen LogP contribution in [-0.4, -0.2) is 22.0 Å². The minimum Gasteiger partial charge on any atom is -0.303 e. The molecule has 0 bridgehead atoms. The van der Waals surface area contributed by atoms with Crippen molar-refractivity contribution in [3.05, 3.63) is 33.6 Å². The Bertz CT molecular complexity index is 643. The van der Waals surface area contributed by atoms with Crippen molar-refractivity contribution in [2.24, 2.45) is 11.0 Å². The highest BCUT2D eigenvalue weighted by Crippen LogP contribution is 2.37. The van der Waals surface area contributed by atoms with Gasteiger partial charge in [-0.2, -0.15) is 0 Å². The molecule has 120 valence electrons. The standard InChI is InChI=1S/C11H15N4O6P/c1-7-10(15(18)19)3-2-9(14-7)11(21-22(12,13)20)6-8(17)4-5-16/h2-3,5,11H,4,6H2,1H3,(H4,12,13,20). The second kappa shape index (κ2) is 7.32. The number of carbonyl (C=O) groups excluding carboxylic acids is 2. The van der Waals surface area contributed by atoms with Crippen LogP contribution in [0, 0.1) is 17.0 Å². The molecule has 1 heterocycles. The average Bonchev–Trinajstić information content (AvgIpc) is 2.36. The zero-order chi connectivity index (χ0) is 16.9. The molecule has 0 aliphatic carbocycles. The van der Waals surface area contributed by atoms with E-state index in [1.807, 2.05) is 0 Å². The van der Waals surface area contributed by atoms with Gasteiger partial charge in [0.15, 0.2) is 0 Å². The first kappa shape index (κ1) is 18.1. The summed E-state index contributed by atoms with van der Waals surface area (Å²) in [7, 11) is -3.92. The molecule has 0 aromatic carbocycles. The zero-order valence-corrected chi connectivity index (χ0v) is 12.6. The van der Waals surface area contributed by atoms with E-state index in [0.717, 1.165) is 0 Å². The van der Waals surface area contributed by atoms with Gasteiger partial charge in [-0.1, -0.05) is 0 Å². The number of nitro groups is 1. The fourth-order valence-corrected chi connectivity index (χ4v) is 2.30. The van der Waals surface area contributed by atoms with Crippen LogP contribution in [0.2, 0.25) is 0 Å². The van der Waals surface area contributed by atoms with Crippen LogP contribution >= 0.6 is 7.67 Å². The quantitative estimate of drug-likeness (QED) is 0.231. The Balaban J connectivity index is 3.12. The van der Waals surface area contributed by atoms with Crippen molar-refractivity contribution in [3.63, 3.8) is 0 Å². The van der Waals surface area contributed by atoms with Crippen LogP contribution in [0.25, 0.3) is 0 Å². The Morgan fingerprint density at radius 1 is 1.55 bits per heavy atom. The molecular weight excluding hydrogens is 315 g/mol.